The topological polar surface area (TPSA) is 30.5 Å². The Hall–Kier alpha value is -2.68. The Morgan fingerprint density at radius 1 is 0.923 bits per heavy atom. The van der Waals surface area contributed by atoms with Crippen molar-refractivity contribution in [2.24, 2.45) is 0 Å². The molecule has 0 aromatic heterocycles. The van der Waals surface area contributed by atoms with Gasteiger partial charge in [0.05, 0.1) is 13.7 Å². The van der Waals surface area contributed by atoms with Crippen molar-refractivity contribution in [1.29, 1.82) is 0 Å². The Kier molecular flexibility index (Phi) is 6.00. The van der Waals surface area contributed by atoms with Crippen molar-refractivity contribution >= 4 is 16.5 Å². The Bertz CT molecular complexity index is 860. The van der Waals surface area contributed by atoms with Crippen LogP contribution in [0.25, 0.3) is 10.8 Å². The minimum absolute atomic E-state index is 0.404. The molecule has 3 rings (SSSR count). The van der Waals surface area contributed by atoms with E-state index in [4.69, 9.17) is 9.47 Å². The molecule has 1 unspecified atom stereocenters. The van der Waals surface area contributed by atoms with Gasteiger partial charge >= 0.3 is 0 Å². The average molecular weight is 349 g/mol. The van der Waals surface area contributed by atoms with Crippen LogP contribution < -0.4 is 14.8 Å². The number of benzene rings is 3. The number of anilines is 1. The van der Waals surface area contributed by atoms with Crippen LogP contribution in [0.4, 0.5) is 5.69 Å². The number of nitrogens with one attached hydrogen (secondary N) is 1. The molecule has 0 bridgehead atoms. The molecule has 0 aliphatic heterocycles. The first-order chi connectivity index (χ1) is 12.7. The van der Waals surface area contributed by atoms with Gasteiger partial charge < -0.3 is 14.8 Å². The van der Waals surface area contributed by atoms with Crippen molar-refractivity contribution in [1.82, 2.24) is 0 Å². The third-order valence-corrected chi connectivity index (χ3v) is 4.56. The third-order valence-electron chi connectivity index (χ3n) is 4.56. The minimum atomic E-state index is 0.404. The molecule has 3 nitrogen and oxygen atoms in total. The predicted molar refractivity (Wildman–Crippen MR) is 110 cm³/mol. The quantitative estimate of drug-likeness (QED) is 0.553. The SMILES string of the molecule is CCCOc1cccc(NCC(C)c2ccc3cc(OC)ccc3c2)c1. The first kappa shape index (κ1) is 18.1. The summed E-state index contributed by atoms with van der Waals surface area (Å²) in [7, 11) is 1.70. The highest BCUT2D eigenvalue weighted by molar-refractivity contribution is 5.84. The highest BCUT2D eigenvalue weighted by Gasteiger charge is 2.07. The summed E-state index contributed by atoms with van der Waals surface area (Å²) in [5.41, 5.74) is 2.42. The van der Waals surface area contributed by atoms with E-state index in [0.29, 0.717) is 5.92 Å². The van der Waals surface area contributed by atoms with E-state index in [1.54, 1.807) is 7.11 Å². The molecule has 3 heteroatoms. The van der Waals surface area contributed by atoms with Crippen molar-refractivity contribution in [2.75, 3.05) is 25.6 Å². The van der Waals surface area contributed by atoms with Gasteiger partial charge in [-0.3, -0.25) is 0 Å². The molecule has 0 saturated heterocycles. The lowest BCUT2D eigenvalue weighted by atomic mass is 9.97. The zero-order chi connectivity index (χ0) is 18.4. The monoisotopic (exact) mass is 349 g/mol. The summed E-state index contributed by atoms with van der Waals surface area (Å²) in [5, 5.41) is 5.97. The van der Waals surface area contributed by atoms with E-state index in [0.717, 1.165) is 36.8 Å². The molecule has 0 aliphatic carbocycles. The molecular weight excluding hydrogens is 322 g/mol. The zero-order valence-corrected chi connectivity index (χ0v) is 15.8. The fraction of sp³-hybridized carbons (Fsp3) is 0.304. The Labute approximate surface area is 156 Å². The largest absolute Gasteiger partial charge is 0.497 e. The molecule has 0 fully saturated rings. The van der Waals surface area contributed by atoms with Crippen molar-refractivity contribution in [3.63, 3.8) is 0 Å². The van der Waals surface area contributed by atoms with Gasteiger partial charge in [0.25, 0.3) is 0 Å². The summed E-state index contributed by atoms with van der Waals surface area (Å²) in [6.07, 6.45) is 1.02. The van der Waals surface area contributed by atoms with Crippen molar-refractivity contribution < 1.29 is 9.47 Å². The maximum Gasteiger partial charge on any atom is 0.121 e. The van der Waals surface area contributed by atoms with E-state index in [1.807, 2.05) is 18.2 Å². The van der Waals surface area contributed by atoms with Crippen LogP contribution in [0.3, 0.4) is 0 Å². The van der Waals surface area contributed by atoms with Crippen LogP contribution in [0.15, 0.2) is 60.7 Å². The molecule has 1 N–H and O–H groups in total. The second-order valence-electron chi connectivity index (χ2n) is 6.63. The number of hydrogen-bond acceptors (Lipinski definition) is 3. The minimum Gasteiger partial charge on any atom is -0.497 e. The molecule has 0 amide bonds. The molecule has 136 valence electrons. The fourth-order valence-electron chi connectivity index (χ4n) is 2.98. The normalized spacial score (nSPS) is 12.0. The number of methoxy groups -OCH3 is 1. The van der Waals surface area contributed by atoms with Crippen molar-refractivity contribution in [3.8, 4) is 11.5 Å². The summed E-state index contributed by atoms with van der Waals surface area (Å²) in [5.74, 6) is 2.22. The van der Waals surface area contributed by atoms with Gasteiger partial charge in [-0.1, -0.05) is 44.2 Å². The molecular formula is C23H27NO2. The van der Waals surface area contributed by atoms with Crippen LogP contribution in [0.1, 0.15) is 31.7 Å². The van der Waals surface area contributed by atoms with E-state index in [9.17, 15) is 0 Å². The van der Waals surface area contributed by atoms with E-state index in [2.05, 4.69) is 61.6 Å². The highest BCUT2D eigenvalue weighted by Crippen LogP contribution is 2.26. The van der Waals surface area contributed by atoms with E-state index in [1.165, 1.54) is 16.3 Å². The van der Waals surface area contributed by atoms with Gasteiger partial charge in [-0.2, -0.15) is 0 Å². The van der Waals surface area contributed by atoms with E-state index >= 15 is 0 Å². The van der Waals surface area contributed by atoms with E-state index < -0.39 is 0 Å². The average Bonchev–Trinajstić information content (AvgIpc) is 2.70. The van der Waals surface area contributed by atoms with Gasteiger partial charge in [-0.05, 0) is 52.9 Å². The van der Waals surface area contributed by atoms with Gasteiger partial charge in [-0.15, -0.1) is 0 Å². The van der Waals surface area contributed by atoms with Crippen LogP contribution in [0.5, 0.6) is 11.5 Å². The molecule has 0 aliphatic rings. The Morgan fingerprint density at radius 2 is 1.73 bits per heavy atom. The molecule has 26 heavy (non-hydrogen) atoms. The van der Waals surface area contributed by atoms with Crippen LogP contribution in [-0.2, 0) is 0 Å². The number of ether oxygens (including phenoxy) is 2. The van der Waals surface area contributed by atoms with Gasteiger partial charge in [0.15, 0.2) is 0 Å². The summed E-state index contributed by atoms with van der Waals surface area (Å²) in [4.78, 5) is 0. The summed E-state index contributed by atoms with van der Waals surface area (Å²) in [6.45, 7) is 5.99. The molecule has 0 saturated carbocycles. The van der Waals surface area contributed by atoms with Crippen LogP contribution in [0, 0.1) is 0 Å². The highest BCUT2D eigenvalue weighted by atomic mass is 16.5. The van der Waals surface area contributed by atoms with Gasteiger partial charge in [0.2, 0.25) is 0 Å². The maximum absolute atomic E-state index is 5.70. The summed E-state index contributed by atoms with van der Waals surface area (Å²) < 4.78 is 11.0. The second kappa shape index (κ2) is 8.61. The smallest absolute Gasteiger partial charge is 0.121 e. The molecule has 0 spiro atoms. The first-order valence-corrected chi connectivity index (χ1v) is 9.24. The fourth-order valence-corrected chi connectivity index (χ4v) is 2.98. The maximum atomic E-state index is 5.70. The predicted octanol–water partition coefficient (Wildman–Crippen LogP) is 5.85. The van der Waals surface area contributed by atoms with Crippen LogP contribution >= 0.6 is 0 Å². The summed E-state index contributed by atoms with van der Waals surface area (Å²) >= 11 is 0. The molecule has 0 heterocycles. The molecule has 0 radical (unpaired) electrons. The lowest BCUT2D eigenvalue weighted by Gasteiger charge is -2.16. The zero-order valence-electron chi connectivity index (χ0n) is 15.8. The standard InChI is InChI=1S/C23H27NO2/c1-4-12-26-23-7-5-6-21(15-23)24-16-17(2)18-8-9-20-14-22(25-3)11-10-19(20)13-18/h5-11,13-15,17,24H,4,12,16H2,1-3H3. The summed E-state index contributed by atoms with van der Waals surface area (Å²) in [6, 6.07) is 21.0. The van der Waals surface area contributed by atoms with Crippen LogP contribution in [-0.4, -0.2) is 20.3 Å². The molecule has 3 aromatic carbocycles. The van der Waals surface area contributed by atoms with Crippen molar-refractivity contribution in [2.45, 2.75) is 26.2 Å². The third kappa shape index (κ3) is 4.48. The number of fused-ring (bicyclic) bond motifs is 1. The van der Waals surface area contributed by atoms with Crippen LogP contribution in [0.2, 0.25) is 0 Å². The van der Waals surface area contributed by atoms with Gasteiger partial charge in [0, 0.05) is 18.3 Å². The lowest BCUT2D eigenvalue weighted by molar-refractivity contribution is 0.317. The van der Waals surface area contributed by atoms with Crippen molar-refractivity contribution in [3.05, 3.63) is 66.2 Å². The Morgan fingerprint density at radius 3 is 2.54 bits per heavy atom. The number of rotatable bonds is 8. The van der Waals surface area contributed by atoms with Gasteiger partial charge in [0.1, 0.15) is 11.5 Å². The molecule has 1 atom stereocenters. The molecule has 3 aromatic rings. The Balaban J connectivity index is 1.66. The van der Waals surface area contributed by atoms with E-state index in [-0.39, 0.29) is 0 Å². The number of hydrogen-bond donors (Lipinski definition) is 1. The van der Waals surface area contributed by atoms with Gasteiger partial charge in [-0.25, -0.2) is 0 Å². The second-order valence-corrected chi connectivity index (χ2v) is 6.63. The lowest BCUT2D eigenvalue weighted by Crippen LogP contribution is -2.10. The first-order valence-electron chi connectivity index (χ1n) is 9.24.